The molecule has 0 aliphatic carbocycles. The minimum absolute atomic E-state index is 0.224. The third kappa shape index (κ3) is 3.34. The molecule has 0 saturated carbocycles. The molecule has 1 aromatic carbocycles. The van der Waals surface area contributed by atoms with Gasteiger partial charge >= 0.3 is 0 Å². The molecule has 2 aromatic rings. The second-order valence-electron chi connectivity index (χ2n) is 6.16. The van der Waals surface area contributed by atoms with Crippen LogP contribution in [-0.2, 0) is 29.3 Å². The minimum atomic E-state index is -3.57. The van der Waals surface area contributed by atoms with Gasteiger partial charge in [-0.25, -0.2) is 13.4 Å². The average Bonchev–Trinajstić information content (AvgIpc) is 2.49. The molecule has 2 N–H and O–H groups in total. The van der Waals surface area contributed by atoms with Gasteiger partial charge in [-0.05, 0) is 19.4 Å². The summed E-state index contributed by atoms with van der Waals surface area (Å²) in [7, 11) is -3.57. The summed E-state index contributed by atoms with van der Waals surface area (Å²) in [5.41, 5.74) is 2.48. The van der Waals surface area contributed by atoms with E-state index in [0.29, 0.717) is 37.3 Å². The molecule has 8 heteroatoms. The second kappa shape index (κ2) is 6.03. The Labute approximate surface area is 139 Å². The molecule has 1 aliphatic rings. The largest absolute Gasteiger partial charge is 0.508 e. The molecule has 0 spiro atoms. The molecule has 0 radical (unpaired) electrons. The van der Waals surface area contributed by atoms with Gasteiger partial charge in [0.05, 0.1) is 5.69 Å². The Morgan fingerprint density at radius 1 is 1.38 bits per heavy atom. The van der Waals surface area contributed by atoms with Crippen LogP contribution >= 0.6 is 0 Å². The molecule has 7 nitrogen and oxygen atoms in total. The smallest absolute Gasteiger partial charge is 0.255 e. The summed E-state index contributed by atoms with van der Waals surface area (Å²) in [5, 5.41) is 9.68. The van der Waals surface area contributed by atoms with E-state index in [1.165, 1.54) is 0 Å². The van der Waals surface area contributed by atoms with E-state index in [0.717, 1.165) is 17.4 Å². The number of aromatic hydroxyl groups is 1. The average molecular weight is 349 g/mol. The number of phenols is 1. The number of fused-ring (bicyclic) bond motifs is 1. The maximum Gasteiger partial charge on any atom is 0.255 e. The van der Waals surface area contributed by atoms with Crippen LogP contribution in [-0.4, -0.2) is 41.2 Å². The Hall–Kier alpha value is -2.19. The van der Waals surface area contributed by atoms with Crippen LogP contribution in [0.4, 0.5) is 0 Å². The van der Waals surface area contributed by atoms with Crippen molar-refractivity contribution in [1.82, 2.24) is 14.9 Å². The molecule has 1 aliphatic heterocycles. The second-order valence-corrected chi connectivity index (χ2v) is 8.09. The lowest BCUT2D eigenvalue weighted by atomic mass is 10.0. The Morgan fingerprint density at radius 2 is 2.12 bits per heavy atom. The van der Waals surface area contributed by atoms with Crippen molar-refractivity contribution in [2.24, 2.45) is 0 Å². The molecular weight excluding hydrogens is 330 g/mol. The van der Waals surface area contributed by atoms with Crippen LogP contribution in [0.5, 0.6) is 5.75 Å². The van der Waals surface area contributed by atoms with Crippen molar-refractivity contribution in [3.05, 3.63) is 50.9 Å². The minimum Gasteiger partial charge on any atom is -0.508 e. The van der Waals surface area contributed by atoms with E-state index < -0.39 is 15.4 Å². The third-order valence-electron chi connectivity index (χ3n) is 4.11. The molecule has 0 bridgehead atoms. The zero-order valence-electron chi connectivity index (χ0n) is 13.5. The van der Waals surface area contributed by atoms with E-state index in [1.54, 1.807) is 6.07 Å². The molecule has 0 unspecified atom stereocenters. The molecule has 128 valence electrons. The number of benzene rings is 1. The van der Waals surface area contributed by atoms with Gasteiger partial charge in [-0.15, -0.1) is 0 Å². The Balaban J connectivity index is 1.90. The number of aromatic nitrogens is 2. The van der Waals surface area contributed by atoms with Gasteiger partial charge < -0.3 is 5.11 Å². The van der Waals surface area contributed by atoms with Crippen molar-refractivity contribution in [2.75, 3.05) is 12.8 Å². The normalized spacial score (nSPS) is 15.2. The molecule has 0 amide bonds. The lowest BCUT2D eigenvalue weighted by Gasteiger charge is -2.27. The number of hydrogen-bond donors (Lipinski definition) is 2. The fourth-order valence-corrected chi connectivity index (χ4v) is 3.42. The van der Waals surface area contributed by atoms with Gasteiger partial charge in [0.1, 0.15) is 5.75 Å². The van der Waals surface area contributed by atoms with E-state index in [9.17, 15) is 18.3 Å². The van der Waals surface area contributed by atoms with Crippen molar-refractivity contribution in [1.29, 1.82) is 0 Å². The van der Waals surface area contributed by atoms with Gasteiger partial charge in [-0.2, -0.15) is 0 Å². The van der Waals surface area contributed by atoms with E-state index in [2.05, 4.69) is 9.97 Å². The Morgan fingerprint density at radius 3 is 2.83 bits per heavy atom. The number of nitrogens with zero attached hydrogens (tertiary/aromatic N) is 2. The summed E-state index contributed by atoms with van der Waals surface area (Å²) < 4.78 is 23.3. The molecule has 0 saturated heterocycles. The van der Waals surface area contributed by atoms with Crippen molar-refractivity contribution in [3.8, 4) is 5.75 Å². The summed E-state index contributed by atoms with van der Waals surface area (Å²) in [6, 6.07) is 5.41. The van der Waals surface area contributed by atoms with Crippen LogP contribution in [0.2, 0.25) is 0 Å². The standard InChI is InChI=1S/C16H19N3O4S/c1-10-3-4-14(20)11(7-10)8-19-6-5-12-13(9-19)17-16(18-15(12)21)24(2,22)23/h3-4,7,20H,5-6,8-9H2,1-2H3,(H,17,18,21). The van der Waals surface area contributed by atoms with Crippen molar-refractivity contribution in [2.45, 2.75) is 31.6 Å². The fourth-order valence-electron chi connectivity index (χ4n) is 2.86. The molecule has 0 atom stereocenters. The zero-order valence-corrected chi connectivity index (χ0v) is 14.4. The highest BCUT2D eigenvalue weighted by atomic mass is 32.2. The van der Waals surface area contributed by atoms with Crippen LogP contribution in [0.15, 0.2) is 28.2 Å². The zero-order chi connectivity index (χ0) is 17.5. The number of aryl methyl sites for hydroxylation is 1. The highest BCUT2D eigenvalue weighted by molar-refractivity contribution is 7.90. The SMILES string of the molecule is Cc1ccc(O)c(CN2CCc3c(nc(S(C)(=O)=O)[nH]c3=O)C2)c1. The fraction of sp³-hybridized carbons (Fsp3) is 0.375. The maximum absolute atomic E-state index is 12.1. The number of rotatable bonds is 3. The van der Waals surface area contributed by atoms with Crippen molar-refractivity contribution in [3.63, 3.8) is 0 Å². The third-order valence-corrected chi connectivity index (χ3v) is 5.01. The molecule has 24 heavy (non-hydrogen) atoms. The van der Waals surface area contributed by atoms with Gasteiger partial charge in [0, 0.05) is 37.0 Å². The van der Waals surface area contributed by atoms with E-state index in [-0.39, 0.29) is 10.9 Å². The summed E-state index contributed by atoms with van der Waals surface area (Å²) >= 11 is 0. The first-order valence-electron chi connectivity index (χ1n) is 7.57. The predicted molar refractivity (Wildman–Crippen MR) is 88.6 cm³/mol. The lowest BCUT2D eigenvalue weighted by Crippen LogP contribution is -2.35. The van der Waals surface area contributed by atoms with E-state index in [4.69, 9.17) is 0 Å². The first-order valence-corrected chi connectivity index (χ1v) is 9.46. The molecule has 0 fully saturated rings. The predicted octanol–water partition coefficient (Wildman–Crippen LogP) is 0.746. The topological polar surface area (TPSA) is 103 Å². The molecule has 3 rings (SSSR count). The summed E-state index contributed by atoms with van der Waals surface area (Å²) in [6.45, 7) is 3.47. The quantitative estimate of drug-likeness (QED) is 0.793. The number of hydrogen-bond acceptors (Lipinski definition) is 6. The number of H-pyrrole nitrogens is 1. The van der Waals surface area contributed by atoms with E-state index >= 15 is 0 Å². The van der Waals surface area contributed by atoms with Crippen LogP contribution < -0.4 is 5.56 Å². The molecule has 2 heterocycles. The number of sulfone groups is 1. The van der Waals surface area contributed by atoms with Crippen LogP contribution in [0.25, 0.3) is 0 Å². The van der Waals surface area contributed by atoms with Crippen LogP contribution in [0, 0.1) is 6.92 Å². The Kier molecular flexibility index (Phi) is 4.18. The van der Waals surface area contributed by atoms with Gasteiger partial charge in [-0.3, -0.25) is 14.7 Å². The maximum atomic E-state index is 12.1. The summed E-state index contributed by atoms with van der Waals surface area (Å²) in [6.07, 6.45) is 1.51. The van der Waals surface area contributed by atoms with Gasteiger partial charge in [0.2, 0.25) is 15.0 Å². The molecular formula is C16H19N3O4S. The van der Waals surface area contributed by atoms with Gasteiger partial charge in [0.15, 0.2) is 0 Å². The number of nitrogens with one attached hydrogen (secondary N) is 1. The number of aromatic amines is 1. The molecule has 1 aromatic heterocycles. The van der Waals surface area contributed by atoms with Crippen LogP contribution in [0.1, 0.15) is 22.4 Å². The highest BCUT2D eigenvalue weighted by Crippen LogP contribution is 2.23. The van der Waals surface area contributed by atoms with Gasteiger partial charge in [0.25, 0.3) is 5.56 Å². The summed E-state index contributed by atoms with van der Waals surface area (Å²) in [5.74, 6) is 0.224. The van der Waals surface area contributed by atoms with Gasteiger partial charge in [-0.1, -0.05) is 17.7 Å². The first-order chi connectivity index (χ1) is 11.2. The van der Waals surface area contributed by atoms with E-state index in [1.807, 2.05) is 24.0 Å². The Bertz CT molecular complexity index is 950. The number of phenolic OH excluding ortho intramolecular Hbond substituents is 1. The lowest BCUT2D eigenvalue weighted by molar-refractivity contribution is 0.236. The first kappa shape index (κ1) is 16.7. The van der Waals surface area contributed by atoms with Crippen LogP contribution in [0.3, 0.4) is 0 Å². The summed E-state index contributed by atoms with van der Waals surface area (Å²) in [4.78, 5) is 20.6. The highest BCUT2D eigenvalue weighted by Gasteiger charge is 2.23. The van der Waals surface area contributed by atoms with Crippen molar-refractivity contribution < 1.29 is 13.5 Å². The van der Waals surface area contributed by atoms with Crippen molar-refractivity contribution >= 4 is 9.84 Å². The monoisotopic (exact) mass is 349 g/mol.